The third kappa shape index (κ3) is 5.54. The lowest BCUT2D eigenvalue weighted by Gasteiger charge is -2.22. The molecule has 2 aromatic heterocycles. The van der Waals surface area contributed by atoms with E-state index in [2.05, 4.69) is 0 Å². The Kier molecular flexibility index (Phi) is 8.25. The molecule has 31 heavy (non-hydrogen) atoms. The molecule has 0 aliphatic heterocycles. The molecule has 1 aromatic carbocycles. The molecule has 0 bridgehead atoms. The average Bonchev–Trinajstić information content (AvgIpc) is 3.43. The summed E-state index contributed by atoms with van der Waals surface area (Å²) < 4.78 is 38.0. The van der Waals surface area contributed by atoms with E-state index in [0.29, 0.717) is 55.3 Å². The first-order valence-corrected chi connectivity index (χ1v) is 12.4. The van der Waals surface area contributed by atoms with Crippen LogP contribution in [0.1, 0.15) is 18.4 Å². The van der Waals surface area contributed by atoms with Gasteiger partial charge >= 0.3 is 0 Å². The van der Waals surface area contributed by atoms with Crippen LogP contribution < -0.4 is 0 Å². The SMILES string of the molecule is COCCN(CCOC)C(=O)CCCc1cn(S(=O)(=O)c2cccs2)c2ccccc12. The predicted molar refractivity (Wildman–Crippen MR) is 122 cm³/mol. The van der Waals surface area contributed by atoms with Gasteiger partial charge in [-0.3, -0.25) is 4.79 Å². The summed E-state index contributed by atoms with van der Waals surface area (Å²) in [5.41, 5.74) is 1.57. The van der Waals surface area contributed by atoms with Gasteiger partial charge in [0.05, 0.1) is 18.7 Å². The molecule has 3 rings (SSSR count). The summed E-state index contributed by atoms with van der Waals surface area (Å²) >= 11 is 1.20. The van der Waals surface area contributed by atoms with Crippen molar-refractivity contribution in [1.82, 2.24) is 8.87 Å². The molecular weight excluding hydrogens is 436 g/mol. The summed E-state index contributed by atoms with van der Waals surface area (Å²) in [6.45, 7) is 2.00. The van der Waals surface area contributed by atoms with Crippen LogP contribution in [-0.2, 0) is 30.7 Å². The second-order valence-corrected chi connectivity index (χ2v) is 10.1. The lowest BCUT2D eigenvalue weighted by Crippen LogP contribution is -2.36. The number of amides is 1. The van der Waals surface area contributed by atoms with Gasteiger partial charge in [0, 0.05) is 45.3 Å². The molecule has 0 saturated heterocycles. The summed E-state index contributed by atoms with van der Waals surface area (Å²) in [7, 11) is -0.424. The predicted octanol–water partition coefficient (Wildman–Crippen LogP) is 3.38. The Morgan fingerprint density at radius 3 is 2.42 bits per heavy atom. The largest absolute Gasteiger partial charge is 0.383 e. The molecule has 0 fully saturated rings. The fourth-order valence-corrected chi connectivity index (χ4v) is 5.95. The van der Waals surface area contributed by atoms with Gasteiger partial charge in [0.2, 0.25) is 5.91 Å². The van der Waals surface area contributed by atoms with Crippen LogP contribution in [0.5, 0.6) is 0 Å². The smallest absolute Gasteiger partial charge is 0.277 e. The number of aryl methyl sites for hydroxylation is 1. The number of fused-ring (bicyclic) bond motifs is 1. The van der Waals surface area contributed by atoms with Crippen molar-refractivity contribution >= 4 is 38.2 Å². The molecule has 0 atom stereocenters. The van der Waals surface area contributed by atoms with Crippen molar-refractivity contribution in [3.63, 3.8) is 0 Å². The summed E-state index contributed by atoms with van der Waals surface area (Å²) in [5.74, 6) is 0.0454. The van der Waals surface area contributed by atoms with Crippen molar-refractivity contribution in [2.45, 2.75) is 23.5 Å². The van der Waals surface area contributed by atoms with Gasteiger partial charge in [-0.05, 0) is 35.9 Å². The highest BCUT2D eigenvalue weighted by Crippen LogP contribution is 2.28. The zero-order valence-electron chi connectivity index (χ0n) is 17.8. The number of nitrogens with zero attached hydrogens (tertiary/aromatic N) is 2. The number of hydrogen-bond donors (Lipinski definition) is 0. The number of carbonyl (C=O) groups excluding carboxylic acids is 1. The maximum Gasteiger partial charge on any atom is 0.277 e. The molecule has 0 unspecified atom stereocenters. The van der Waals surface area contributed by atoms with Gasteiger partial charge in [0.15, 0.2) is 0 Å². The maximum absolute atomic E-state index is 13.1. The van der Waals surface area contributed by atoms with Gasteiger partial charge in [-0.25, -0.2) is 3.97 Å². The third-order valence-corrected chi connectivity index (χ3v) is 8.14. The summed E-state index contributed by atoms with van der Waals surface area (Å²) in [4.78, 5) is 14.4. The first-order valence-electron chi connectivity index (χ1n) is 10.1. The second kappa shape index (κ2) is 10.9. The standard InChI is InChI=1S/C22H28N2O5S2/c1-28-14-12-23(13-15-29-2)21(25)10-5-7-18-17-24(20-9-4-3-8-19(18)20)31(26,27)22-11-6-16-30-22/h3-4,6,8-9,11,16-17H,5,7,10,12-15H2,1-2H3. The van der Waals surface area contributed by atoms with Gasteiger partial charge in [-0.1, -0.05) is 24.3 Å². The summed E-state index contributed by atoms with van der Waals surface area (Å²) in [6, 6.07) is 10.8. The first-order chi connectivity index (χ1) is 15.0. The van der Waals surface area contributed by atoms with E-state index >= 15 is 0 Å². The zero-order chi connectivity index (χ0) is 22.3. The van der Waals surface area contributed by atoms with E-state index < -0.39 is 10.0 Å². The molecule has 0 aliphatic rings. The second-order valence-electron chi connectivity index (χ2n) is 7.12. The number of aromatic nitrogens is 1. The van der Waals surface area contributed by atoms with Crippen LogP contribution in [0, 0.1) is 0 Å². The third-order valence-electron chi connectivity index (χ3n) is 5.09. The van der Waals surface area contributed by atoms with E-state index in [0.717, 1.165) is 10.9 Å². The number of hydrogen-bond acceptors (Lipinski definition) is 6. The van der Waals surface area contributed by atoms with E-state index in [9.17, 15) is 13.2 Å². The van der Waals surface area contributed by atoms with Gasteiger partial charge in [-0.2, -0.15) is 8.42 Å². The van der Waals surface area contributed by atoms with Crippen LogP contribution in [0.2, 0.25) is 0 Å². The molecule has 0 saturated carbocycles. The molecule has 168 valence electrons. The minimum absolute atomic E-state index is 0.0454. The molecule has 7 nitrogen and oxygen atoms in total. The minimum atomic E-state index is -3.64. The van der Waals surface area contributed by atoms with Crippen molar-refractivity contribution in [1.29, 1.82) is 0 Å². The molecule has 3 aromatic rings. The normalized spacial score (nSPS) is 11.8. The number of benzene rings is 1. The molecular formula is C22H28N2O5S2. The monoisotopic (exact) mass is 464 g/mol. The number of rotatable bonds is 12. The Morgan fingerprint density at radius 2 is 1.77 bits per heavy atom. The maximum atomic E-state index is 13.1. The van der Waals surface area contributed by atoms with Crippen molar-refractivity contribution < 1.29 is 22.7 Å². The topological polar surface area (TPSA) is 77.8 Å². The highest BCUT2D eigenvalue weighted by Gasteiger charge is 2.22. The Labute approximate surface area is 187 Å². The minimum Gasteiger partial charge on any atom is -0.383 e. The van der Waals surface area contributed by atoms with Gasteiger partial charge in [0.25, 0.3) is 10.0 Å². The molecule has 2 heterocycles. The average molecular weight is 465 g/mol. The lowest BCUT2D eigenvalue weighted by atomic mass is 10.1. The quantitative estimate of drug-likeness (QED) is 0.411. The zero-order valence-corrected chi connectivity index (χ0v) is 19.5. The Balaban J connectivity index is 1.75. The number of para-hydroxylation sites is 1. The first kappa shape index (κ1) is 23.5. The van der Waals surface area contributed by atoms with Gasteiger partial charge < -0.3 is 14.4 Å². The van der Waals surface area contributed by atoms with Crippen LogP contribution in [0.25, 0.3) is 10.9 Å². The van der Waals surface area contributed by atoms with Crippen LogP contribution in [0.4, 0.5) is 0 Å². The van der Waals surface area contributed by atoms with E-state index in [-0.39, 0.29) is 5.91 Å². The fraction of sp³-hybridized carbons (Fsp3) is 0.409. The van der Waals surface area contributed by atoms with Crippen LogP contribution in [0.3, 0.4) is 0 Å². The van der Waals surface area contributed by atoms with Gasteiger partial charge in [0.1, 0.15) is 4.21 Å². The Bertz CT molecular complexity index is 1080. The molecule has 1 amide bonds. The fourth-order valence-electron chi connectivity index (χ4n) is 3.48. The molecule has 0 spiro atoms. The highest BCUT2D eigenvalue weighted by atomic mass is 32.2. The number of ether oxygens (including phenoxy) is 2. The summed E-state index contributed by atoms with van der Waals surface area (Å²) in [5, 5.41) is 2.65. The number of carbonyl (C=O) groups is 1. The molecule has 0 radical (unpaired) electrons. The van der Waals surface area contributed by atoms with Gasteiger partial charge in [-0.15, -0.1) is 11.3 Å². The highest BCUT2D eigenvalue weighted by molar-refractivity contribution is 7.92. The van der Waals surface area contributed by atoms with Crippen LogP contribution in [-0.4, -0.2) is 63.7 Å². The molecule has 0 aliphatic carbocycles. The lowest BCUT2D eigenvalue weighted by molar-refractivity contribution is -0.132. The van der Waals surface area contributed by atoms with Crippen molar-refractivity contribution in [3.8, 4) is 0 Å². The number of methoxy groups -OCH3 is 2. The van der Waals surface area contributed by atoms with Crippen molar-refractivity contribution in [2.75, 3.05) is 40.5 Å². The Morgan fingerprint density at radius 1 is 1.06 bits per heavy atom. The Hall–Kier alpha value is -2.20. The van der Waals surface area contributed by atoms with Crippen LogP contribution >= 0.6 is 11.3 Å². The molecule has 9 heteroatoms. The van der Waals surface area contributed by atoms with Crippen LogP contribution in [0.15, 0.2) is 52.2 Å². The number of thiophene rings is 1. The van der Waals surface area contributed by atoms with E-state index in [1.165, 1.54) is 15.3 Å². The summed E-state index contributed by atoms with van der Waals surface area (Å²) in [6.07, 6.45) is 3.31. The van der Waals surface area contributed by atoms with E-state index in [1.54, 1.807) is 42.8 Å². The van der Waals surface area contributed by atoms with Crippen molar-refractivity contribution in [2.24, 2.45) is 0 Å². The molecule has 0 N–H and O–H groups in total. The van der Waals surface area contributed by atoms with E-state index in [1.807, 2.05) is 24.3 Å². The van der Waals surface area contributed by atoms with E-state index in [4.69, 9.17) is 9.47 Å². The van der Waals surface area contributed by atoms with Crippen molar-refractivity contribution in [3.05, 3.63) is 53.5 Å².